The van der Waals surface area contributed by atoms with E-state index >= 15 is 0 Å². The zero-order valence-corrected chi connectivity index (χ0v) is 13.7. The van der Waals surface area contributed by atoms with Crippen LogP contribution in [-0.4, -0.2) is 22.1 Å². The molecule has 2 rings (SSSR count). The molecule has 0 aliphatic rings. The van der Waals surface area contributed by atoms with Crippen molar-refractivity contribution in [3.8, 4) is 5.75 Å². The first-order chi connectivity index (χ1) is 10.4. The van der Waals surface area contributed by atoms with Gasteiger partial charge in [0, 0.05) is 11.6 Å². The van der Waals surface area contributed by atoms with Crippen molar-refractivity contribution >= 4 is 17.2 Å². The average Bonchev–Trinajstić information content (AvgIpc) is 3.02. The summed E-state index contributed by atoms with van der Waals surface area (Å²) in [6.45, 7) is 5.44. The van der Waals surface area contributed by atoms with Crippen LogP contribution in [0, 0.1) is 0 Å². The first-order valence-electron chi connectivity index (χ1n) is 7.01. The third-order valence-corrected chi connectivity index (χ3v) is 4.26. The van der Waals surface area contributed by atoms with E-state index < -0.39 is 11.6 Å². The molecule has 2 N–H and O–H groups in total. The molecule has 0 saturated carbocycles. The van der Waals surface area contributed by atoms with E-state index in [4.69, 9.17) is 9.84 Å². The summed E-state index contributed by atoms with van der Waals surface area (Å²) < 4.78 is 5.64. The quantitative estimate of drug-likeness (QED) is 0.857. The highest BCUT2D eigenvalue weighted by Crippen LogP contribution is 2.22. The van der Waals surface area contributed by atoms with Gasteiger partial charge in [0.1, 0.15) is 10.8 Å². The fourth-order valence-corrected chi connectivity index (χ4v) is 2.69. The lowest BCUT2D eigenvalue weighted by Crippen LogP contribution is -2.46. The van der Waals surface area contributed by atoms with E-state index in [-0.39, 0.29) is 12.5 Å². The van der Waals surface area contributed by atoms with Gasteiger partial charge in [0.05, 0.1) is 12.1 Å². The lowest BCUT2D eigenvalue weighted by molar-refractivity contribution is -0.129. The molecule has 118 valence electrons. The average molecular weight is 320 g/mol. The number of aliphatic hydroxyl groups excluding tert-OH is 1. The number of thiazole rings is 1. The summed E-state index contributed by atoms with van der Waals surface area (Å²) >= 11 is 1.50. The van der Waals surface area contributed by atoms with Gasteiger partial charge < -0.3 is 15.2 Å². The summed E-state index contributed by atoms with van der Waals surface area (Å²) in [5, 5.41) is 14.8. The van der Waals surface area contributed by atoms with Crippen molar-refractivity contribution < 1.29 is 14.6 Å². The number of nitrogens with one attached hydrogen (secondary N) is 1. The molecule has 0 bridgehead atoms. The van der Waals surface area contributed by atoms with E-state index in [0.29, 0.717) is 5.75 Å². The highest BCUT2D eigenvalue weighted by molar-refractivity contribution is 7.09. The van der Waals surface area contributed by atoms with E-state index in [0.717, 1.165) is 10.6 Å². The van der Waals surface area contributed by atoms with E-state index in [9.17, 15) is 4.79 Å². The van der Waals surface area contributed by atoms with Crippen molar-refractivity contribution in [1.82, 2.24) is 10.3 Å². The molecule has 0 spiro atoms. The minimum Gasteiger partial charge on any atom is -0.481 e. The molecule has 0 saturated heterocycles. The third kappa shape index (κ3) is 4.05. The Kier molecular flexibility index (Phi) is 5.15. The number of aliphatic hydroxyl groups is 1. The van der Waals surface area contributed by atoms with Crippen LogP contribution in [0.2, 0.25) is 0 Å². The molecular weight excluding hydrogens is 300 g/mol. The van der Waals surface area contributed by atoms with Crippen LogP contribution in [0.15, 0.2) is 35.8 Å². The standard InChI is InChI=1S/C16H20N2O3S/c1-11(21-13-6-4-5-12(9-13)10-19)14(20)18-16(2,3)15-17-7-8-22-15/h4-9,11,19H,10H2,1-3H3,(H,18,20). The number of hydrogen-bond donors (Lipinski definition) is 2. The van der Waals surface area contributed by atoms with Crippen LogP contribution in [-0.2, 0) is 16.9 Å². The Morgan fingerprint density at radius 3 is 2.91 bits per heavy atom. The normalized spacial score (nSPS) is 12.7. The number of ether oxygens (including phenoxy) is 1. The minimum atomic E-state index is -0.645. The van der Waals surface area contributed by atoms with Crippen molar-refractivity contribution in [2.45, 2.75) is 39.0 Å². The number of carbonyl (C=O) groups is 1. The first kappa shape index (κ1) is 16.5. The predicted molar refractivity (Wildman–Crippen MR) is 85.7 cm³/mol. The van der Waals surface area contributed by atoms with Gasteiger partial charge in [-0.2, -0.15) is 0 Å². The third-order valence-electron chi connectivity index (χ3n) is 3.17. The van der Waals surface area contributed by atoms with E-state index in [1.807, 2.05) is 19.2 Å². The lowest BCUT2D eigenvalue weighted by Gasteiger charge is -2.26. The van der Waals surface area contributed by atoms with Crippen LogP contribution in [0.25, 0.3) is 0 Å². The van der Waals surface area contributed by atoms with Gasteiger partial charge in [-0.15, -0.1) is 11.3 Å². The van der Waals surface area contributed by atoms with E-state index in [1.54, 1.807) is 37.4 Å². The molecule has 0 aliphatic heterocycles. The van der Waals surface area contributed by atoms with Crippen LogP contribution in [0.3, 0.4) is 0 Å². The second-order valence-corrected chi connectivity index (χ2v) is 6.41. The molecule has 6 heteroatoms. The van der Waals surface area contributed by atoms with Gasteiger partial charge in [0.2, 0.25) is 0 Å². The lowest BCUT2D eigenvalue weighted by atomic mass is 10.1. The second kappa shape index (κ2) is 6.89. The Balaban J connectivity index is 2.00. The number of carbonyl (C=O) groups excluding carboxylic acids is 1. The summed E-state index contributed by atoms with van der Waals surface area (Å²) in [5.41, 5.74) is 0.198. The molecule has 22 heavy (non-hydrogen) atoms. The monoisotopic (exact) mass is 320 g/mol. The number of amides is 1. The van der Waals surface area contributed by atoms with Gasteiger partial charge in [0.25, 0.3) is 5.91 Å². The van der Waals surface area contributed by atoms with Gasteiger partial charge in [0.15, 0.2) is 6.10 Å². The van der Waals surface area contributed by atoms with Crippen molar-refractivity contribution in [2.24, 2.45) is 0 Å². The highest BCUT2D eigenvalue weighted by Gasteiger charge is 2.28. The van der Waals surface area contributed by atoms with E-state index in [2.05, 4.69) is 10.3 Å². The van der Waals surface area contributed by atoms with Gasteiger partial charge in [-0.1, -0.05) is 12.1 Å². The Hall–Kier alpha value is -1.92. The SMILES string of the molecule is CC(Oc1cccc(CO)c1)C(=O)NC(C)(C)c1nccs1. The Morgan fingerprint density at radius 2 is 2.27 bits per heavy atom. The van der Waals surface area contributed by atoms with Crippen LogP contribution in [0.1, 0.15) is 31.3 Å². The fourth-order valence-electron chi connectivity index (χ4n) is 1.97. The zero-order chi connectivity index (χ0) is 16.2. The molecular formula is C16H20N2O3S. The molecule has 5 nitrogen and oxygen atoms in total. The predicted octanol–water partition coefficient (Wildman–Crippen LogP) is 2.45. The molecule has 0 fully saturated rings. The van der Waals surface area contributed by atoms with E-state index in [1.165, 1.54) is 11.3 Å². The molecule has 0 radical (unpaired) electrons. The maximum Gasteiger partial charge on any atom is 0.261 e. The Morgan fingerprint density at radius 1 is 1.50 bits per heavy atom. The largest absolute Gasteiger partial charge is 0.481 e. The molecule has 1 heterocycles. The van der Waals surface area contributed by atoms with Gasteiger partial charge in [-0.3, -0.25) is 4.79 Å². The van der Waals surface area contributed by atoms with Crippen LogP contribution in [0.5, 0.6) is 5.75 Å². The van der Waals surface area contributed by atoms with Crippen LogP contribution in [0.4, 0.5) is 0 Å². The Labute approximate surface area is 134 Å². The van der Waals surface area contributed by atoms with Gasteiger partial charge >= 0.3 is 0 Å². The number of benzene rings is 1. The van der Waals surface area contributed by atoms with Crippen molar-refractivity contribution in [3.63, 3.8) is 0 Å². The number of aromatic nitrogens is 1. The first-order valence-corrected chi connectivity index (χ1v) is 7.89. The maximum atomic E-state index is 12.3. The molecule has 0 aliphatic carbocycles. The fraction of sp³-hybridized carbons (Fsp3) is 0.375. The summed E-state index contributed by atoms with van der Waals surface area (Å²) in [6, 6.07) is 7.05. The number of nitrogens with zero attached hydrogens (tertiary/aromatic N) is 1. The van der Waals surface area contributed by atoms with Crippen molar-refractivity contribution in [3.05, 3.63) is 46.4 Å². The molecule has 1 aromatic carbocycles. The summed E-state index contributed by atoms with van der Waals surface area (Å²) in [4.78, 5) is 16.5. The Bertz CT molecular complexity index is 626. The summed E-state index contributed by atoms with van der Waals surface area (Å²) in [7, 11) is 0. The summed E-state index contributed by atoms with van der Waals surface area (Å²) in [6.07, 6.45) is 1.07. The van der Waals surface area contributed by atoms with Gasteiger partial charge in [-0.05, 0) is 38.5 Å². The molecule has 1 atom stereocenters. The molecule has 1 amide bonds. The zero-order valence-electron chi connectivity index (χ0n) is 12.9. The van der Waals surface area contributed by atoms with Crippen molar-refractivity contribution in [2.75, 3.05) is 0 Å². The second-order valence-electron chi connectivity index (χ2n) is 5.52. The van der Waals surface area contributed by atoms with Gasteiger partial charge in [-0.25, -0.2) is 4.98 Å². The smallest absolute Gasteiger partial charge is 0.261 e. The minimum absolute atomic E-state index is 0.0607. The van der Waals surface area contributed by atoms with Crippen molar-refractivity contribution in [1.29, 1.82) is 0 Å². The topological polar surface area (TPSA) is 71.5 Å². The number of rotatable bonds is 6. The maximum absolute atomic E-state index is 12.3. The molecule has 1 unspecified atom stereocenters. The van der Waals surface area contributed by atoms with Crippen LogP contribution < -0.4 is 10.1 Å². The van der Waals surface area contributed by atoms with Crippen LogP contribution >= 0.6 is 11.3 Å². The molecule has 1 aromatic heterocycles. The highest BCUT2D eigenvalue weighted by atomic mass is 32.1. The number of hydrogen-bond acceptors (Lipinski definition) is 5. The molecule has 2 aromatic rings. The summed E-state index contributed by atoms with van der Waals surface area (Å²) in [5.74, 6) is 0.343.